The number of nitrogens with one attached hydrogen (secondary N) is 2. The van der Waals surface area contributed by atoms with Crippen molar-refractivity contribution in [2.45, 2.75) is 103 Å². The second-order valence-electron chi connectivity index (χ2n) is 12.2. The van der Waals surface area contributed by atoms with Gasteiger partial charge in [0.1, 0.15) is 0 Å². The minimum absolute atomic E-state index is 0. The van der Waals surface area contributed by atoms with Gasteiger partial charge in [-0.2, -0.15) is 0 Å². The van der Waals surface area contributed by atoms with Gasteiger partial charge in [-0.05, 0) is 43.1 Å². The number of nitrogens with zero attached hydrogens (tertiary/aromatic N) is 2. The molecule has 0 aromatic heterocycles. The number of hydrogen-bond acceptors (Lipinski definition) is 5. The van der Waals surface area contributed by atoms with Crippen LogP contribution in [0.2, 0.25) is 0 Å². The number of halogens is 1. The van der Waals surface area contributed by atoms with E-state index in [1.165, 1.54) is 44.1 Å². The van der Waals surface area contributed by atoms with Crippen LogP contribution in [0.1, 0.15) is 83.6 Å². The Morgan fingerprint density at radius 3 is 2.49 bits per heavy atom. The monoisotopic (exact) mass is 594 g/mol. The molecule has 2 aliphatic heterocycles. The maximum atomic E-state index is 12.8. The Kier molecular flexibility index (Phi) is 14.4. The first-order valence-corrected chi connectivity index (χ1v) is 16.7. The zero-order valence-electron chi connectivity index (χ0n) is 24.1. The Morgan fingerprint density at radius 1 is 1.08 bits per heavy atom. The third-order valence-electron chi connectivity index (χ3n) is 8.57. The molecule has 8 heteroatoms. The molecule has 39 heavy (non-hydrogen) atoms. The Labute approximate surface area is 253 Å². The SMILES string of the molecule is CC(C)CC(=O)N1CSC[C@H]1CN[C@H](CCC1CCCCC1)C(=S)NC1CCN(Cc2ccccc2)CC1.Cl. The van der Waals surface area contributed by atoms with Gasteiger partial charge < -0.3 is 15.5 Å². The number of carbonyl (C=O) groups is 1. The standard InChI is InChI=1S/C31H50N4OS2.ClH/c1-24(2)19-30(36)35-23-38-22-28(35)20-32-29(14-13-25-9-5-3-6-10-25)31(37)33-27-15-17-34(18-16-27)21-26-11-7-4-8-12-26;/h4,7-8,11-12,24-25,27-29,32H,3,5-6,9-10,13-23H2,1-2H3,(H,33,37);1H/t28-,29-;/m1./s1. The second-order valence-corrected chi connectivity index (χ2v) is 13.6. The third-order valence-corrected chi connectivity index (χ3v) is 10.1. The maximum Gasteiger partial charge on any atom is 0.223 e. The van der Waals surface area contributed by atoms with E-state index in [-0.39, 0.29) is 24.5 Å². The summed E-state index contributed by atoms with van der Waals surface area (Å²) >= 11 is 7.95. The van der Waals surface area contributed by atoms with E-state index < -0.39 is 0 Å². The molecule has 5 nitrogen and oxygen atoms in total. The number of amides is 1. The van der Waals surface area contributed by atoms with Crippen LogP contribution in [0.3, 0.4) is 0 Å². The molecule has 2 atom stereocenters. The minimum Gasteiger partial charge on any atom is -0.376 e. The van der Waals surface area contributed by atoms with Crippen molar-refractivity contribution in [2.24, 2.45) is 11.8 Å². The number of thioether (sulfide) groups is 1. The summed E-state index contributed by atoms with van der Waals surface area (Å²) in [6.45, 7) is 8.36. The molecule has 0 radical (unpaired) electrons. The van der Waals surface area contributed by atoms with Crippen molar-refractivity contribution < 1.29 is 4.79 Å². The number of hydrogen-bond donors (Lipinski definition) is 2. The van der Waals surface area contributed by atoms with Crippen LogP contribution in [0.5, 0.6) is 0 Å². The van der Waals surface area contributed by atoms with Crippen LogP contribution in [0.15, 0.2) is 30.3 Å². The van der Waals surface area contributed by atoms with Crippen molar-refractivity contribution in [3.05, 3.63) is 35.9 Å². The largest absolute Gasteiger partial charge is 0.376 e. The number of piperidine rings is 1. The number of likely N-dealkylation sites (tertiary alicyclic amines) is 1. The van der Waals surface area contributed by atoms with Crippen LogP contribution in [-0.4, -0.2) is 70.1 Å². The van der Waals surface area contributed by atoms with E-state index >= 15 is 0 Å². The fourth-order valence-corrected chi connectivity index (χ4v) is 7.85. The molecular formula is C31H51ClN4OS2. The lowest BCUT2D eigenvalue weighted by Gasteiger charge is -2.35. The Morgan fingerprint density at radius 2 is 1.79 bits per heavy atom. The summed E-state index contributed by atoms with van der Waals surface area (Å²) in [7, 11) is 0. The molecule has 1 amide bonds. The molecule has 0 spiro atoms. The van der Waals surface area contributed by atoms with E-state index in [9.17, 15) is 4.79 Å². The topological polar surface area (TPSA) is 47.6 Å². The number of benzene rings is 1. The average molecular weight is 595 g/mol. The fraction of sp³-hybridized carbons (Fsp3) is 0.742. The van der Waals surface area contributed by atoms with E-state index in [0.717, 1.165) is 68.0 Å². The Bertz CT molecular complexity index is 859. The van der Waals surface area contributed by atoms with Crippen LogP contribution in [0.25, 0.3) is 0 Å². The van der Waals surface area contributed by atoms with Crippen LogP contribution in [0.4, 0.5) is 0 Å². The smallest absolute Gasteiger partial charge is 0.223 e. The van der Waals surface area contributed by atoms with E-state index in [4.69, 9.17) is 12.2 Å². The third kappa shape index (κ3) is 10.8. The van der Waals surface area contributed by atoms with Crippen molar-refractivity contribution >= 4 is 47.3 Å². The minimum atomic E-state index is 0. The van der Waals surface area contributed by atoms with E-state index in [2.05, 4.69) is 64.6 Å². The van der Waals surface area contributed by atoms with Gasteiger partial charge in [0.25, 0.3) is 0 Å². The first-order valence-electron chi connectivity index (χ1n) is 15.1. The summed E-state index contributed by atoms with van der Waals surface area (Å²) in [6.07, 6.45) is 12.2. The van der Waals surface area contributed by atoms with Crippen LogP contribution in [-0.2, 0) is 11.3 Å². The number of carbonyl (C=O) groups excluding carboxylic acids is 1. The molecule has 1 aliphatic carbocycles. The van der Waals surface area contributed by atoms with Gasteiger partial charge in [-0.25, -0.2) is 0 Å². The van der Waals surface area contributed by atoms with Crippen LogP contribution < -0.4 is 10.6 Å². The van der Waals surface area contributed by atoms with Gasteiger partial charge in [0.05, 0.1) is 22.9 Å². The first-order chi connectivity index (χ1) is 18.5. The van der Waals surface area contributed by atoms with Crippen molar-refractivity contribution in [1.29, 1.82) is 0 Å². The highest BCUT2D eigenvalue weighted by molar-refractivity contribution is 7.99. The first kappa shape index (κ1) is 32.7. The quantitative estimate of drug-likeness (QED) is 0.279. The Balaban J connectivity index is 0.00000420. The van der Waals surface area contributed by atoms with Crippen LogP contribution >= 0.6 is 36.4 Å². The lowest BCUT2D eigenvalue weighted by atomic mass is 9.85. The summed E-state index contributed by atoms with van der Waals surface area (Å²) < 4.78 is 0. The van der Waals surface area contributed by atoms with E-state index in [1.807, 2.05) is 11.8 Å². The molecular weight excluding hydrogens is 544 g/mol. The summed E-state index contributed by atoms with van der Waals surface area (Å²) in [5, 5.41) is 7.63. The molecule has 2 N–H and O–H groups in total. The summed E-state index contributed by atoms with van der Waals surface area (Å²) in [5.41, 5.74) is 1.40. The molecule has 0 bridgehead atoms. The highest BCUT2D eigenvalue weighted by Crippen LogP contribution is 2.28. The highest BCUT2D eigenvalue weighted by atomic mass is 35.5. The lowest BCUT2D eigenvalue weighted by Crippen LogP contribution is -2.53. The highest BCUT2D eigenvalue weighted by Gasteiger charge is 2.31. The molecule has 1 saturated carbocycles. The van der Waals surface area contributed by atoms with Gasteiger partial charge in [0.2, 0.25) is 5.91 Å². The average Bonchev–Trinajstić information content (AvgIpc) is 3.39. The molecule has 1 aromatic rings. The molecule has 220 valence electrons. The van der Waals surface area contributed by atoms with Crippen molar-refractivity contribution in [1.82, 2.24) is 20.4 Å². The van der Waals surface area contributed by atoms with E-state index in [1.54, 1.807) is 0 Å². The number of rotatable bonds is 12. The molecule has 0 unspecified atom stereocenters. The molecule has 3 fully saturated rings. The normalized spacial score (nSPS) is 22.0. The van der Waals surface area contributed by atoms with Crippen molar-refractivity contribution in [2.75, 3.05) is 31.3 Å². The van der Waals surface area contributed by atoms with Gasteiger partial charge in [-0.15, -0.1) is 24.2 Å². The predicted molar refractivity (Wildman–Crippen MR) is 173 cm³/mol. The van der Waals surface area contributed by atoms with Gasteiger partial charge >= 0.3 is 0 Å². The van der Waals surface area contributed by atoms with Crippen LogP contribution in [0, 0.1) is 11.8 Å². The molecule has 2 heterocycles. The van der Waals surface area contributed by atoms with Crippen molar-refractivity contribution in [3.8, 4) is 0 Å². The molecule has 4 rings (SSSR count). The summed E-state index contributed by atoms with van der Waals surface area (Å²) in [5.74, 6) is 3.41. The van der Waals surface area contributed by atoms with Gasteiger partial charge in [0, 0.05) is 44.4 Å². The molecule has 3 aliphatic rings. The lowest BCUT2D eigenvalue weighted by molar-refractivity contribution is -0.132. The molecule has 2 saturated heterocycles. The number of thiocarbonyl (C=S) groups is 1. The second kappa shape index (κ2) is 17.2. The van der Waals surface area contributed by atoms with Gasteiger partial charge in [-0.3, -0.25) is 9.69 Å². The van der Waals surface area contributed by atoms with Gasteiger partial charge in [-0.1, -0.05) is 88.5 Å². The Hall–Kier alpha value is -0.860. The van der Waals surface area contributed by atoms with Crippen molar-refractivity contribution in [3.63, 3.8) is 0 Å². The predicted octanol–water partition coefficient (Wildman–Crippen LogP) is 6.26. The van der Waals surface area contributed by atoms with Gasteiger partial charge in [0.15, 0.2) is 0 Å². The fourth-order valence-electron chi connectivity index (χ4n) is 6.25. The van der Waals surface area contributed by atoms with E-state index in [0.29, 0.717) is 24.3 Å². The zero-order chi connectivity index (χ0) is 26.7. The molecule has 1 aromatic carbocycles. The summed E-state index contributed by atoms with van der Waals surface area (Å²) in [4.78, 5) is 18.5. The zero-order valence-corrected chi connectivity index (χ0v) is 26.6. The summed E-state index contributed by atoms with van der Waals surface area (Å²) in [6, 6.07) is 11.7. The maximum absolute atomic E-state index is 12.8.